The van der Waals surface area contributed by atoms with E-state index in [1.165, 1.54) is 22.3 Å². The molecule has 0 unspecified atom stereocenters. The van der Waals surface area contributed by atoms with Crippen LogP contribution in [-0.4, -0.2) is 0 Å². The molecule has 0 bridgehead atoms. The van der Waals surface area contributed by atoms with Gasteiger partial charge >= 0.3 is 0 Å². The molecule has 0 aliphatic rings. The standard InChI is InChI=1S/2C8H14/c2*1-5-7(3)8(4)6-2/h2*5-6H,1-4H3/b2*7-5+,8-6+. The van der Waals surface area contributed by atoms with Crippen LogP contribution in [-0.2, 0) is 0 Å². The summed E-state index contributed by atoms with van der Waals surface area (Å²) in [7, 11) is 0. The van der Waals surface area contributed by atoms with Gasteiger partial charge in [0.1, 0.15) is 0 Å². The minimum Gasteiger partial charge on any atom is -0.0845 e. The monoisotopic (exact) mass is 220 g/mol. The molecule has 0 saturated carbocycles. The second kappa shape index (κ2) is 10.5. The van der Waals surface area contributed by atoms with Crippen molar-refractivity contribution in [1.29, 1.82) is 0 Å². The lowest BCUT2D eigenvalue weighted by molar-refractivity contribution is 1.31. The van der Waals surface area contributed by atoms with Gasteiger partial charge < -0.3 is 0 Å². The quantitative estimate of drug-likeness (QED) is 0.513. The Morgan fingerprint density at radius 3 is 0.625 bits per heavy atom. The fourth-order valence-corrected chi connectivity index (χ4v) is 0.911. The van der Waals surface area contributed by atoms with E-state index in [0.717, 1.165) is 0 Å². The number of hydrogen-bond donors (Lipinski definition) is 0. The zero-order chi connectivity index (χ0) is 13.1. The van der Waals surface area contributed by atoms with Crippen molar-refractivity contribution in [1.82, 2.24) is 0 Å². The van der Waals surface area contributed by atoms with E-state index in [2.05, 4.69) is 79.7 Å². The zero-order valence-electron chi connectivity index (χ0n) is 12.3. The molecule has 0 spiro atoms. The van der Waals surface area contributed by atoms with Crippen LogP contribution in [0.2, 0.25) is 0 Å². The van der Waals surface area contributed by atoms with Crippen molar-refractivity contribution in [2.24, 2.45) is 0 Å². The Morgan fingerprint density at radius 1 is 0.438 bits per heavy atom. The first-order valence-electron chi connectivity index (χ1n) is 5.96. The van der Waals surface area contributed by atoms with Crippen LogP contribution in [0.3, 0.4) is 0 Å². The highest BCUT2D eigenvalue weighted by Gasteiger charge is 1.85. The number of hydrogen-bond acceptors (Lipinski definition) is 0. The minimum absolute atomic E-state index is 1.37. The van der Waals surface area contributed by atoms with Crippen LogP contribution in [0.15, 0.2) is 46.6 Å². The maximum Gasteiger partial charge on any atom is -0.0399 e. The van der Waals surface area contributed by atoms with Crippen molar-refractivity contribution < 1.29 is 0 Å². The van der Waals surface area contributed by atoms with E-state index in [0.29, 0.717) is 0 Å². The van der Waals surface area contributed by atoms with Gasteiger partial charge in [-0.15, -0.1) is 0 Å². The van der Waals surface area contributed by atoms with Gasteiger partial charge in [0.05, 0.1) is 0 Å². The Kier molecular flexibility index (Phi) is 11.4. The summed E-state index contributed by atoms with van der Waals surface area (Å²) in [5.41, 5.74) is 5.47. The first kappa shape index (κ1) is 17.4. The highest BCUT2D eigenvalue weighted by atomic mass is 13.9. The van der Waals surface area contributed by atoms with Crippen LogP contribution in [0.5, 0.6) is 0 Å². The van der Waals surface area contributed by atoms with Gasteiger partial charge in [-0.05, 0) is 55.4 Å². The Morgan fingerprint density at radius 2 is 0.562 bits per heavy atom. The van der Waals surface area contributed by atoms with Gasteiger partial charge in [-0.25, -0.2) is 0 Å². The molecule has 0 saturated heterocycles. The number of allylic oxidation sites excluding steroid dienone is 8. The fraction of sp³-hybridized carbons (Fsp3) is 0.500. The molecule has 0 heterocycles. The van der Waals surface area contributed by atoms with Gasteiger partial charge in [-0.1, -0.05) is 46.6 Å². The SMILES string of the molecule is C/C=C(C)/C(C)=C/C.C/C=C(C)/C(C)=C/C. The molecule has 0 aliphatic carbocycles. The molecule has 0 aromatic rings. The molecule has 0 nitrogen and oxygen atoms in total. The summed E-state index contributed by atoms with van der Waals surface area (Å²) >= 11 is 0. The van der Waals surface area contributed by atoms with Crippen LogP contribution in [0, 0.1) is 0 Å². The normalized spacial score (nSPS) is 14.5. The average Bonchev–Trinajstić information content (AvgIpc) is 2.35. The van der Waals surface area contributed by atoms with Crippen molar-refractivity contribution >= 4 is 0 Å². The summed E-state index contributed by atoms with van der Waals surface area (Å²) < 4.78 is 0. The van der Waals surface area contributed by atoms with E-state index in [9.17, 15) is 0 Å². The van der Waals surface area contributed by atoms with E-state index < -0.39 is 0 Å². The molecule has 0 N–H and O–H groups in total. The molecule has 0 radical (unpaired) electrons. The highest BCUT2D eigenvalue weighted by Crippen LogP contribution is 2.06. The maximum atomic E-state index is 2.12. The fourth-order valence-electron chi connectivity index (χ4n) is 0.911. The Bertz CT molecular complexity index is 232. The van der Waals surface area contributed by atoms with Gasteiger partial charge in [-0.3, -0.25) is 0 Å². The summed E-state index contributed by atoms with van der Waals surface area (Å²) in [6.07, 6.45) is 8.48. The molecular formula is C16H28. The highest BCUT2D eigenvalue weighted by molar-refractivity contribution is 5.25. The first-order valence-corrected chi connectivity index (χ1v) is 5.96. The van der Waals surface area contributed by atoms with E-state index in [1.807, 2.05) is 0 Å². The van der Waals surface area contributed by atoms with E-state index >= 15 is 0 Å². The Balaban J connectivity index is 0. The van der Waals surface area contributed by atoms with Crippen molar-refractivity contribution in [3.63, 3.8) is 0 Å². The molecule has 16 heavy (non-hydrogen) atoms. The van der Waals surface area contributed by atoms with Gasteiger partial charge in [0.2, 0.25) is 0 Å². The molecule has 0 fully saturated rings. The second-order valence-corrected chi connectivity index (χ2v) is 3.89. The topological polar surface area (TPSA) is 0 Å². The first-order chi connectivity index (χ1) is 7.44. The molecule has 0 aromatic carbocycles. The third-order valence-electron chi connectivity index (χ3n) is 2.98. The largest absolute Gasteiger partial charge is 0.0845 e. The van der Waals surface area contributed by atoms with Crippen LogP contribution in [0.4, 0.5) is 0 Å². The van der Waals surface area contributed by atoms with Crippen LogP contribution in [0.1, 0.15) is 55.4 Å². The van der Waals surface area contributed by atoms with Crippen LogP contribution in [0.25, 0.3) is 0 Å². The Hall–Kier alpha value is -1.04. The second-order valence-electron chi connectivity index (χ2n) is 3.89. The van der Waals surface area contributed by atoms with Gasteiger partial charge in [0.15, 0.2) is 0 Å². The van der Waals surface area contributed by atoms with Gasteiger partial charge in [0, 0.05) is 0 Å². The van der Waals surface area contributed by atoms with E-state index in [-0.39, 0.29) is 0 Å². The predicted molar refractivity (Wildman–Crippen MR) is 77.7 cm³/mol. The summed E-state index contributed by atoms with van der Waals surface area (Å²) in [5.74, 6) is 0. The lowest BCUT2D eigenvalue weighted by Crippen LogP contribution is -1.74. The smallest absolute Gasteiger partial charge is 0.0399 e. The Labute approximate surface area is 102 Å². The minimum atomic E-state index is 1.37. The maximum absolute atomic E-state index is 2.12. The molecule has 0 amide bonds. The average molecular weight is 220 g/mol. The van der Waals surface area contributed by atoms with Crippen molar-refractivity contribution in [3.05, 3.63) is 46.6 Å². The molecule has 0 heteroatoms. The lowest BCUT2D eigenvalue weighted by Gasteiger charge is -1.95. The third-order valence-corrected chi connectivity index (χ3v) is 2.98. The van der Waals surface area contributed by atoms with Crippen LogP contribution >= 0.6 is 0 Å². The van der Waals surface area contributed by atoms with Gasteiger partial charge in [0.25, 0.3) is 0 Å². The number of rotatable bonds is 2. The molecule has 0 rings (SSSR count). The van der Waals surface area contributed by atoms with E-state index in [4.69, 9.17) is 0 Å². The van der Waals surface area contributed by atoms with Crippen molar-refractivity contribution in [3.8, 4) is 0 Å². The summed E-state index contributed by atoms with van der Waals surface area (Å²) in [5, 5.41) is 0. The van der Waals surface area contributed by atoms with Crippen molar-refractivity contribution in [2.45, 2.75) is 55.4 Å². The van der Waals surface area contributed by atoms with Crippen LogP contribution < -0.4 is 0 Å². The molecular weight excluding hydrogens is 192 g/mol. The molecule has 0 aliphatic heterocycles. The van der Waals surface area contributed by atoms with E-state index in [1.54, 1.807) is 0 Å². The van der Waals surface area contributed by atoms with Gasteiger partial charge in [-0.2, -0.15) is 0 Å². The third kappa shape index (κ3) is 8.28. The lowest BCUT2D eigenvalue weighted by atomic mass is 10.1. The summed E-state index contributed by atoms with van der Waals surface area (Å²) in [6.45, 7) is 16.7. The molecule has 0 aromatic heterocycles. The molecule has 92 valence electrons. The zero-order valence-corrected chi connectivity index (χ0v) is 12.3. The predicted octanol–water partition coefficient (Wildman–Crippen LogP) is 5.84. The van der Waals surface area contributed by atoms with Crippen molar-refractivity contribution in [2.75, 3.05) is 0 Å². The summed E-state index contributed by atoms with van der Waals surface area (Å²) in [4.78, 5) is 0. The summed E-state index contributed by atoms with van der Waals surface area (Å²) in [6, 6.07) is 0. The molecule has 0 atom stereocenters.